The fourth-order valence-electron chi connectivity index (χ4n) is 1.98. The van der Waals surface area contributed by atoms with Crippen molar-refractivity contribution in [2.24, 2.45) is 0 Å². The number of benzene rings is 2. The van der Waals surface area contributed by atoms with Crippen LogP contribution in [-0.4, -0.2) is 12.5 Å². The molecule has 0 aliphatic rings. The summed E-state index contributed by atoms with van der Waals surface area (Å²) >= 11 is 0. The number of aryl methyl sites for hydroxylation is 1. The SMILES string of the molecule is Cc1cccc(NC(=O)CCNc2ccccc2)c1C. The van der Waals surface area contributed by atoms with E-state index in [9.17, 15) is 4.79 Å². The summed E-state index contributed by atoms with van der Waals surface area (Å²) in [6, 6.07) is 15.8. The number of nitrogens with one attached hydrogen (secondary N) is 2. The number of rotatable bonds is 5. The summed E-state index contributed by atoms with van der Waals surface area (Å²) in [5.41, 5.74) is 4.24. The van der Waals surface area contributed by atoms with Gasteiger partial charge in [-0.3, -0.25) is 4.79 Å². The zero-order valence-corrected chi connectivity index (χ0v) is 11.9. The Bertz CT molecular complexity index is 579. The molecule has 104 valence electrons. The number of hydrogen-bond acceptors (Lipinski definition) is 2. The van der Waals surface area contributed by atoms with Crippen LogP contribution in [0.15, 0.2) is 48.5 Å². The maximum absolute atomic E-state index is 11.9. The van der Waals surface area contributed by atoms with Crippen LogP contribution in [0, 0.1) is 13.8 Å². The van der Waals surface area contributed by atoms with Gasteiger partial charge in [0.05, 0.1) is 0 Å². The Hall–Kier alpha value is -2.29. The smallest absolute Gasteiger partial charge is 0.226 e. The lowest BCUT2D eigenvalue weighted by atomic mass is 10.1. The van der Waals surface area contributed by atoms with E-state index in [-0.39, 0.29) is 5.91 Å². The van der Waals surface area contributed by atoms with E-state index in [0.717, 1.165) is 16.9 Å². The number of amides is 1. The lowest BCUT2D eigenvalue weighted by Gasteiger charge is -2.11. The average Bonchev–Trinajstić information content (AvgIpc) is 2.45. The molecule has 0 saturated carbocycles. The van der Waals surface area contributed by atoms with Gasteiger partial charge in [-0.15, -0.1) is 0 Å². The highest BCUT2D eigenvalue weighted by atomic mass is 16.1. The lowest BCUT2D eigenvalue weighted by molar-refractivity contribution is -0.115. The first-order chi connectivity index (χ1) is 9.66. The number of carbonyl (C=O) groups is 1. The first-order valence-corrected chi connectivity index (χ1v) is 6.82. The van der Waals surface area contributed by atoms with Gasteiger partial charge in [0.15, 0.2) is 0 Å². The fourth-order valence-corrected chi connectivity index (χ4v) is 1.98. The van der Waals surface area contributed by atoms with Crippen molar-refractivity contribution in [3.05, 3.63) is 59.7 Å². The Labute approximate surface area is 120 Å². The van der Waals surface area contributed by atoms with Crippen molar-refractivity contribution in [2.75, 3.05) is 17.2 Å². The van der Waals surface area contributed by atoms with Gasteiger partial charge in [0.25, 0.3) is 0 Å². The van der Waals surface area contributed by atoms with Gasteiger partial charge in [-0.2, -0.15) is 0 Å². The molecular weight excluding hydrogens is 248 g/mol. The molecule has 3 heteroatoms. The van der Waals surface area contributed by atoms with Crippen molar-refractivity contribution < 1.29 is 4.79 Å². The van der Waals surface area contributed by atoms with Crippen molar-refractivity contribution in [3.8, 4) is 0 Å². The Morgan fingerprint density at radius 1 is 1.00 bits per heavy atom. The van der Waals surface area contributed by atoms with Crippen LogP contribution in [-0.2, 0) is 4.79 Å². The van der Waals surface area contributed by atoms with Gasteiger partial charge < -0.3 is 10.6 Å². The molecule has 0 bridgehead atoms. The molecule has 1 amide bonds. The summed E-state index contributed by atoms with van der Waals surface area (Å²) in [6.45, 7) is 4.69. The molecule has 20 heavy (non-hydrogen) atoms. The van der Waals surface area contributed by atoms with Crippen molar-refractivity contribution in [3.63, 3.8) is 0 Å². The van der Waals surface area contributed by atoms with Crippen LogP contribution in [0.3, 0.4) is 0 Å². The summed E-state index contributed by atoms with van der Waals surface area (Å²) in [6.07, 6.45) is 0.447. The molecule has 0 aliphatic carbocycles. The lowest BCUT2D eigenvalue weighted by Crippen LogP contribution is -2.17. The predicted molar refractivity (Wildman–Crippen MR) is 84.1 cm³/mol. The highest BCUT2D eigenvalue weighted by Gasteiger charge is 2.05. The summed E-state index contributed by atoms with van der Waals surface area (Å²) in [5.74, 6) is 0.0298. The second-order valence-corrected chi connectivity index (χ2v) is 4.84. The monoisotopic (exact) mass is 268 g/mol. The molecule has 2 aromatic rings. The van der Waals surface area contributed by atoms with Crippen LogP contribution in [0.4, 0.5) is 11.4 Å². The van der Waals surface area contributed by atoms with E-state index in [1.165, 1.54) is 5.56 Å². The van der Waals surface area contributed by atoms with Crippen LogP contribution in [0.5, 0.6) is 0 Å². The van der Waals surface area contributed by atoms with E-state index in [1.54, 1.807) is 0 Å². The van der Waals surface area contributed by atoms with Crippen molar-refractivity contribution in [1.82, 2.24) is 0 Å². The Balaban J connectivity index is 1.82. The molecule has 0 heterocycles. The Kier molecular flexibility index (Phi) is 4.77. The summed E-state index contributed by atoms with van der Waals surface area (Å²) < 4.78 is 0. The second kappa shape index (κ2) is 6.75. The van der Waals surface area contributed by atoms with Gasteiger partial charge in [-0.1, -0.05) is 30.3 Å². The van der Waals surface area contributed by atoms with Crippen LogP contribution in [0.25, 0.3) is 0 Å². The normalized spacial score (nSPS) is 10.1. The van der Waals surface area contributed by atoms with Crippen molar-refractivity contribution in [1.29, 1.82) is 0 Å². The molecule has 0 spiro atoms. The number of carbonyl (C=O) groups excluding carboxylic acids is 1. The van der Waals surface area contributed by atoms with E-state index in [1.807, 2.05) is 62.4 Å². The highest BCUT2D eigenvalue weighted by molar-refractivity contribution is 5.91. The zero-order chi connectivity index (χ0) is 14.4. The molecule has 2 aromatic carbocycles. The minimum Gasteiger partial charge on any atom is -0.385 e. The van der Waals surface area contributed by atoms with Gasteiger partial charge in [0, 0.05) is 24.3 Å². The van der Waals surface area contributed by atoms with Gasteiger partial charge in [-0.25, -0.2) is 0 Å². The van der Waals surface area contributed by atoms with Crippen molar-refractivity contribution >= 4 is 17.3 Å². The third-order valence-electron chi connectivity index (χ3n) is 3.33. The fraction of sp³-hybridized carbons (Fsp3) is 0.235. The molecule has 0 unspecified atom stereocenters. The van der Waals surface area contributed by atoms with Crippen LogP contribution in [0.2, 0.25) is 0 Å². The third-order valence-corrected chi connectivity index (χ3v) is 3.33. The van der Waals surface area contributed by atoms with Crippen LogP contribution in [0.1, 0.15) is 17.5 Å². The molecule has 0 atom stereocenters. The number of hydrogen-bond donors (Lipinski definition) is 2. The number of anilines is 2. The van der Waals surface area contributed by atoms with E-state index in [2.05, 4.69) is 10.6 Å². The van der Waals surface area contributed by atoms with E-state index in [4.69, 9.17) is 0 Å². The van der Waals surface area contributed by atoms with Crippen molar-refractivity contribution in [2.45, 2.75) is 20.3 Å². The first kappa shape index (κ1) is 14.1. The topological polar surface area (TPSA) is 41.1 Å². The van der Waals surface area contributed by atoms with E-state index < -0.39 is 0 Å². The van der Waals surface area contributed by atoms with Crippen LogP contribution < -0.4 is 10.6 Å². The second-order valence-electron chi connectivity index (χ2n) is 4.84. The summed E-state index contributed by atoms with van der Waals surface area (Å²) in [5, 5.41) is 6.18. The van der Waals surface area contributed by atoms with E-state index in [0.29, 0.717) is 13.0 Å². The van der Waals surface area contributed by atoms with Crippen LogP contribution >= 0.6 is 0 Å². The average molecular weight is 268 g/mol. The molecule has 0 saturated heterocycles. The molecule has 0 aromatic heterocycles. The molecule has 0 radical (unpaired) electrons. The third kappa shape index (κ3) is 3.85. The maximum Gasteiger partial charge on any atom is 0.226 e. The molecule has 3 nitrogen and oxygen atoms in total. The zero-order valence-electron chi connectivity index (χ0n) is 11.9. The standard InChI is InChI=1S/C17H20N2O/c1-13-7-6-10-16(14(13)2)19-17(20)11-12-18-15-8-4-3-5-9-15/h3-10,18H,11-12H2,1-2H3,(H,19,20). The predicted octanol–water partition coefficient (Wildman–Crippen LogP) is 3.74. The van der Waals surface area contributed by atoms with Gasteiger partial charge >= 0.3 is 0 Å². The molecular formula is C17H20N2O. The first-order valence-electron chi connectivity index (χ1n) is 6.82. The minimum absolute atomic E-state index is 0.0298. The minimum atomic E-state index is 0.0298. The van der Waals surface area contributed by atoms with Gasteiger partial charge in [0.1, 0.15) is 0 Å². The number of para-hydroxylation sites is 1. The largest absolute Gasteiger partial charge is 0.385 e. The molecule has 2 rings (SSSR count). The Morgan fingerprint density at radius 3 is 2.50 bits per heavy atom. The Morgan fingerprint density at radius 2 is 1.75 bits per heavy atom. The van der Waals surface area contributed by atoms with E-state index >= 15 is 0 Å². The van der Waals surface area contributed by atoms with Gasteiger partial charge in [0.2, 0.25) is 5.91 Å². The molecule has 2 N–H and O–H groups in total. The summed E-state index contributed by atoms with van der Waals surface area (Å²) in [4.78, 5) is 11.9. The highest BCUT2D eigenvalue weighted by Crippen LogP contribution is 2.18. The maximum atomic E-state index is 11.9. The molecule has 0 aliphatic heterocycles. The molecule has 0 fully saturated rings. The summed E-state index contributed by atoms with van der Waals surface area (Å²) in [7, 11) is 0. The quantitative estimate of drug-likeness (QED) is 0.867. The van der Waals surface area contributed by atoms with Gasteiger partial charge in [-0.05, 0) is 43.2 Å².